The fraction of sp³-hybridized carbons (Fsp3) is 0.792. The zero-order chi connectivity index (χ0) is 43.0. The number of hydrogen-bond donors (Lipinski definition) is 0. The molecule has 0 aliphatic rings. The van der Waals surface area contributed by atoms with E-state index in [1.807, 2.05) is 0 Å². The second-order valence-electron chi connectivity index (χ2n) is 16.7. The van der Waals surface area contributed by atoms with Crippen molar-refractivity contribution in [3.8, 4) is 0 Å². The predicted molar refractivity (Wildman–Crippen MR) is 252 cm³/mol. The molecule has 0 radical (unpaired) electrons. The van der Waals surface area contributed by atoms with Crippen LogP contribution >= 0.6 is 0 Å². The maximum atomic E-state index is 12.7. The van der Waals surface area contributed by atoms with Crippen molar-refractivity contribution >= 4 is 17.9 Å². The lowest BCUT2D eigenvalue weighted by Crippen LogP contribution is -2.30. The molecular weight excluding hydrogens is 733 g/mol. The minimum Gasteiger partial charge on any atom is -0.462 e. The van der Waals surface area contributed by atoms with Gasteiger partial charge >= 0.3 is 17.9 Å². The van der Waals surface area contributed by atoms with E-state index in [1.165, 1.54) is 128 Å². The van der Waals surface area contributed by atoms with Gasteiger partial charge in [0, 0.05) is 19.3 Å². The molecule has 0 amide bonds. The van der Waals surface area contributed by atoms with Crippen LogP contribution in [0.25, 0.3) is 0 Å². The van der Waals surface area contributed by atoms with Crippen LogP contribution < -0.4 is 0 Å². The molecular formula is C53H94O6. The summed E-state index contributed by atoms with van der Waals surface area (Å²) in [4.78, 5) is 37.9. The number of hydrogen-bond acceptors (Lipinski definition) is 6. The van der Waals surface area contributed by atoms with E-state index < -0.39 is 6.10 Å². The topological polar surface area (TPSA) is 78.9 Å². The van der Waals surface area contributed by atoms with Gasteiger partial charge < -0.3 is 14.2 Å². The highest BCUT2D eigenvalue weighted by molar-refractivity contribution is 5.71. The summed E-state index contributed by atoms with van der Waals surface area (Å²) in [6, 6.07) is 0. The van der Waals surface area contributed by atoms with E-state index in [0.717, 1.165) is 83.5 Å². The first-order chi connectivity index (χ1) is 29.0. The van der Waals surface area contributed by atoms with Crippen molar-refractivity contribution < 1.29 is 28.6 Å². The average molecular weight is 827 g/mol. The Kier molecular flexibility index (Phi) is 45.9. The number of allylic oxidation sites excluding steroid dienone is 8. The molecule has 0 aromatic heterocycles. The Bertz CT molecular complexity index is 1040. The van der Waals surface area contributed by atoms with Crippen LogP contribution in [0.5, 0.6) is 0 Å². The Hall–Kier alpha value is -2.63. The fourth-order valence-corrected chi connectivity index (χ4v) is 7.08. The van der Waals surface area contributed by atoms with Gasteiger partial charge in [-0.2, -0.15) is 0 Å². The van der Waals surface area contributed by atoms with Crippen molar-refractivity contribution in [2.24, 2.45) is 0 Å². The minimum atomic E-state index is -0.784. The number of ether oxygens (including phenoxy) is 3. The lowest BCUT2D eigenvalue weighted by atomic mass is 10.0. The lowest BCUT2D eigenvalue weighted by molar-refractivity contribution is -0.167. The first-order valence-electron chi connectivity index (χ1n) is 25.1. The molecule has 0 saturated heterocycles. The summed E-state index contributed by atoms with van der Waals surface area (Å²) in [5.41, 5.74) is 0. The van der Waals surface area contributed by atoms with E-state index in [4.69, 9.17) is 14.2 Å². The summed E-state index contributed by atoms with van der Waals surface area (Å²) < 4.78 is 16.7. The summed E-state index contributed by atoms with van der Waals surface area (Å²) in [5.74, 6) is -0.919. The van der Waals surface area contributed by atoms with Crippen LogP contribution in [-0.2, 0) is 28.6 Å². The zero-order valence-electron chi connectivity index (χ0n) is 39.0. The Labute approximate surface area is 365 Å². The largest absolute Gasteiger partial charge is 0.462 e. The summed E-state index contributed by atoms with van der Waals surface area (Å²) in [6.45, 7) is 6.49. The summed E-state index contributed by atoms with van der Waals surface area (Å²) in [5, 5.41) is 0. The third-order valence-corrected chi connectivity index (χ3v) is 10.8. The molecule has 0 heterocycles. The molecule has 0 saturated carbocycles. The summed E-state index contributed by atoms with van der Waals surface area (Å²) >= 11 is 0. The number of esters is 3. The van der Waals surface area contributed by atoms with E-state index in [1.54, 1.807) is 0 Å². The number of unbranched alkanes of at least 4 members (excludes halogenated alkanes) is 26. The highest BCUT2D eigenvalue weighted by Crippen LogP contribution is 2.15. The quantitative estimate of drug-likeness (QED) is 0.0263. The molecule has 342 valence electrons. The Morgan fingerprint density at radius 1 is 0.356 bits per heavy atom. The normalized spacial score (nSPS) is 12.4. The molecule has 0 fully saturated rings. The molecule has 0 rings (SSSR count). The van der Waals surface area contributed by atoms with E-state index in [0.29, 0.717) is 19.3 Å². The number of carbonyl (C=O) groups is 3. The maximum absolute atomic E-state index is 12.7. The van der Waals surface area contributed by atoms with Gasteiger partial charge in [-0.25, -0.2) is 0 Å². The van der Waals surface area contributed by atoms with Crippen LogP contribution in [0.3, 0.4) is 0 Å². The fourth-order valence-electron chi connectivity index (χ4n) is 7.08. The van der Waals surface area contributed by atoms with Crippen LogP contribution in [0.15, 0.2) is 48.6 Å². The predicted octanol–water partition coefficient (Wildman–Crippen LogP) is 16.3. The van der Waals surface area contributed by atoms with Gasteiger partial charge in [0.25, 0.3) is 0 Å². The van der Waals surface area contributed by atoms with Gasteiger partial charge in [-0.05, 0) is 57.8 Å². The molecule has 6 heteroatoms. The van der Waals surface area contributed by atoms with Crippen molar-refractivity contribution in [1.82, 2.24) is 0 Å². The summed E-state index contributed by atoms with van der Waals surface area (Å²) in [7, 11) is 0. The molecule has 6 nitrogen and oxygen atoms in total. The molecule has 59 heavy (non-hydrogen) atoms. The molecule has 0 aromatic rings. The molecule has 0 aliphatic carbocycles. The molecule has 0 aromatic carbocycles. The second-order valence-corrected chi connectivity index (χ2v) is 16.7. The Morgan fingerprint density at radius 3 is 1.03 bits per heavy atom. The van der Waals surface area contributed by atoms with Gasteiger partial charge in [-0.3, -0.25) is 14.4 Å². The molecule has 0 spiro atoms. The molecule has 0 aliphatic heterocycles. The van der Waals surface area contributed by atoms with E-state index in [9.17, 15) is 14.4 Å². The van der Waals surface area contributed by atoms with Gasteiger partial charge in [0.05, 0.1) is 0 Å². The third-order valence-electron chi connectivity index (χ3n) is 10.8. The van der Waals surface area contributed by atoms with Crippen molar-refractivity contribution in [2.45, 2.75) is 258 Å². The highest BCUT2D eigenvalue weighted by Gasteiger charge is 2.19. The third kappa shape index (κ3) is 46.3. The van der Waals surface area contributed by atoms with Crippen molar-refractivity contribution in [3.05, 3.63) is 48.6 Å². The van der Waals surface area contributed by atoms with E-state index >= 15 is 0 Å². The molecule has 0 unspecified atom stereocenters. The van der Waals surface area contributed by atoms with Gasteiger partial charge in [0.15, 0.2) is 6.10 Å². The number of rotatable bonds is 45. The Morgan fingerprint density at radius 2 is 0.661 bits per heavy atom. The van der Waals surface area contributed by atoms with Crippen LogP contribution in [0, 0.1) is 0 Å². The van der Waals surface area contributed by atoms with Gasteiger partial charge in [0.1, 0.15) is 13.2 Å². The van der Waals surface area contributed by atoms with E-state index in [2.05, 4.69) is 69.4 Å². The molecule has 0 N–H and O–H groups in total. The maximum Gasteiger partial charge on any atom is 0.306 e. The lowest BCUT2D eigenvalue weighted by Gasteiger charge is -2.18. The first kappa shape index (κ1) is 56.4. The molecule has 1 atom stereocenters. The average Bonchev–Trinajstić information content (AvgIpc) is 3.23. The SMILES string of the molecule is CC/C=C\C/C=C\C/C=C\C/C=C\CCCCC(=O)OC[C@H](COC(=O)CCCCCCCCCCCCCCCCC)OC(=O)CCCCCCCCCCCCC. The smallest absolute Gasteiger partial charge is 0.306 e. The van der Waals surface area contributed by atoms with Gasteiger partial charge in [-0.15, -0.1) is 0 Å². The Balaban J connectivity index is 4.39. The first-order valence-corrected chi connectivity index (χ1v) is 25.1. The zero-order valence-corrected chi connectivity index (χ0v) is 39.0. The van der Waals surface area contributed by atoms with Crippen LogP contribution in [0.1, 0.15) is 252 Å². The van der Waals surface area contributed by atoms with Crippen LogP contribution in [0.2, 0.25) is 0 Å². The standard InChI is InChI=1S/C53H94O6/c1-4-7-10-13-16-19-22-24-26-28-31-33-36-39-42-45-51(54)57-48-50(59-53(56)47-44-41-38-35-30-21-18-15-12-9-6-3)49-58-52(55)46-43-40-37-34-32-29-27-25-23-20-17-14-11-8-5-2/h7,10,16,19,24,26,31,33,50H,4-6,8-9,11-15,17-18,20-23,25,27-30,32,34-49H2,1-3H3/b10-7-,19-16-,26-24-,33-31-/t50-/m1/s1. The van der Waals surface area contributed by atoms with Crippen LogP contribution in [0.4, 0.5) is 0 Å². The highest BCUT2D eigenvalue weighted by atomic mass is 16.6. The van der Waals surface area contributed by atoms with Crippen molar-refractivity contribution in [1.29, 1.82) is 0 Å². The summed E-state index contributed by atoms with van der Waals surface area (Å²) in [6.07, 6.45) is 56.7. The monoisotopic (exact) mass is 827 g/mol. The van der Waals surface area contributed by atoms with Gasteiger partial charge in [-0.1, -0.05) is 223 Å². The van der Waals surface area contributed by atoms with Crippen LogP contribution in [-0.4, -0.2) is 37.2 Å². The minimum absolute atomic E-state index is 0.0827. The van der Waals surface area contributed by atoms with E-state index in [-0.39, 0.29) is 31.1 Å². The van der Waals surface area contributed by atoms with Crippen molar-refractivity contribution in [2.75, 3.05) is 13.2 Å². The second kappa shape index (κ2) is 48.0. The number of carbonyl (C=O) groups excluding carboxylic acids is 3. The molecule has 0 bridgehead atoms. The van der Waals surface area contributed by atoms with Crippen molar-refractivity contribution in [3.63, 3.8) is 0 Å². The van der Waals surface area contributed by atoms with Gasteiger partial charge in [0.2, 0.25) is 0 Å².